The Kier molecular flexibility index (Phi) is 2.69. The summed E-state index contributed by atoms with van der Waals surface area (Å²) in [6, 6.07) is 8.39. The van der Waals surface area contributed by atoms with Crippen molar-refractivity contribution in [3.8, 4) is 0 Å². The summed E-state index contributed by atoms with van der Waals surface area (Å²) in [5.41, 5.74) is 2.74. The lowest BCUT2D eigenvalue weighted by Gasteiger charge is -2.13. The van der Waals surface area contributed by atoms with Gasteiger partial charge in [0.1, 0.15) is 12.2 Å². The number of ketones is 1. The molecule has 0 radical (unpaired) electrons. The molecule has 0 spiro atoms. The number of hydrogen-bond donors (Lipinski definition) is 0. The molecule has 0 N–H and O–H groups in total. The van der Waals surface area contributed by atoms with E-state index in [0.29, 0.717) is 11.8 Å². The molecule has 0 aliphatic heterocycles. The first-order valence-corrected chi connectivity index (χ1v) is 6.37. The lowest BCUT2D eigenvalue weighted by atomic mass is 9.92. The summed E-state index contributed by atoms with van der Waals surface area (Å²) in [6.07, 6.45) is 1.90. The van der Waals surface area contributed by atoms with Crippen LogP contribution in [0, 0.1) is 17.8 Å². The van der Waals surface area contributed by atoms with Crippen molar-refractivity contribution in [2.75, 3.05) is 7.11 Å². The number of rotatable bonds is 3. The zero-order valence-electron chi connectivity index (χ0n) is 10.4. The minimum atomic E-state index is -0.416. The fourth-order valence-corrected chi connectivity index (χ4v) is 3.28. The van der Waals surface area contributed by atoms with Crippen molar-refractivity contribution in [3.63, 3.8) is 0 Å². The van der Waals surface area contributed by atoms with E-state index in [-0.39, 0.29) is 18.1 Å². The average molecular weight is 244 g/mol. The third-order valence-corrected chi connectivity index (χ3v) is 4.28. The van der Waals surface area contributed by atoms with Crippen LogP contribution in [0.3, 0.4) is 0 Å². The van der Waals surface area contributed by atoms with E-state index in [1.54, 1.807) is 0 Å². The topological polar surface area (TPSA) is 43.4 Å². The quantitative estimate of drug-likeness (QED) is 0.601. The molecule has 3 rings (SSSR count). The zero-order valence-corrected chi connectivity index (χ0v) is 10.4. The van der Waals surface area contributed by atoms with Gasteiger partial charge in [0.05, 0.1) is 7.11 Å². The highest BCUT2D eigenvalue weighted by Crippen LogP contribution is 2.54. The van der Waals surface area contributed by atoms with Gasteiger partial charge in [-0.25, -0.2) is 0 Å². The van der Waals surface area contributed by atoms with Crippen LogP contribution in [-0.4, -0.2) is 18.9 Å². The van der Waals surface area contributed by atoms with Gasteiger partial charge in [0, 0.05) is 5.92 Å². The fraction of sp³-hybridized carbons (Fsp3) is 0.467. The average Bonchev–Trinajstić information content (AvgIpc) is 3.08. The van der Waals surface area contributed by atoms with Gasteiger partial charge in [0.25, 0.3) is 0 Å². The molecule has 2 aliphatic rings. The molecule has 0 aromatic heterocycles. The number of hydrogen-bond acceptors (Lipinski definition) is 3. The zero-order chi connectivity index (χ0) is 12.7. The number of carbonyl (C=O) groups excluding carboxylic acids is 2. The molecule has 0 heterocycles. The maximum atomic E-state index is 12.0. The van der Waals surface area contributed by atoms with Gasteiger partial charge < -0.3 is 4.74 Å². The highest BCUT2D eigenvalue weighted by Gasteiger charge is 2.55. The monoisotopic (exact) mass is 244 g/mol. The third kappa shape index (κ3) is 1.84. The van der Waals surface area contributed by atoms with E-state index in [9.17, 15) is 9.59 Å². The Balaban J connectivity index is 1.68. The molecular formula is C15H16O3. The number of ether oxygens (including phenoxy) is 1. The summed E-state index contributed by atoms with van der Waals surface area (Å²) < 4.78 is 4.55. The fourth-order valence-electron chi connectivity index (χ4n) is 3.28. The Morgan fingerprint density at radius 2 is 1.72 bits per heavy atom. The summed E-state index contributed by atoms with van der Waals surface area (Å²) in [5.74, 6) is 0.636. The van der Waals surface area contributed by atoms with E-state index in [2.05, 4.69) is 16.9 Å². The predicted octanol–water partition coefficient (Wildman–Crippen LogP) is 1.78. The van der Waals surface area contributed by atoms with Crippen molar-refractivity contribution in [2.45, 2.75) is 19.3 Å². The first kappa shape index (κ1) is 11.5. The number of methoxy groups -OCH3 is 1. The lowest BCUT2D eigenvalue weighted by Crippen LogP contribution is -2.12. The standard InChI is InChI=1S/C15H16O3/c1-18-14(17)8-13(16)15-11-6-9-4-2-3-5-10(9)7-12(11)15/h2-5,11-12,15H,6-8H2,1H3/t11-,12+,15?. The number of carbonyl (C=O) groups is 2. The minimum Gasteiger partial charge on any atom is -0.469 e. The molecule has 3 heteroatoms. The number of benzene rings is 1. The molecular weight excluding hydrogens is 228 g/mol. The Bertz CT molecular complexity index is 475. The lowest BCUT2D eigenvalue weighted by molar-refractivity contribution is -0.143. The van der Waals surface area contributed by atoms with Crippen LogP contribution in [0.25, 0.3) is 0 Å². The van der Waals surface area contributed by atoms with Gasteiger partial charge in [-0.05, 0) is 35.8 Å². The molecule has 0 amide bonds. The van der Waals surface area contributed by atoms with Gasteiger partial charge in [-0.15, -0.1) is 0 Å². The van der Waals surface area contributed by atoms with E-state index in [1.165, 1.54) is 18.2 Å². The Morgan fingerprint density at radius 1 is 1.17 bits per heavy atom. The van der Waals surface area contributed by atoms with E-state index >= 15 is 0 Å². The normalized spacial score (nSPS) is 27.9. The second-order valence-corrected chi connectivity index (χ2v) is 5.25. The first-order chi connectivity index (χ1) is 8.70. The van der Waals surface area contributed by atoms with Gasteiger partial charge >= 0.3 is 5.97 Å². The Labute approximate surface area is 106 Å². The molecule has 94 valence electrons. The molecule has 1 aromatic rings. The van der Waals surface area contributed by atoms with Crippen molar-refractivity contribution in [1.29, 1.82) is 0 Å². The Hall–Kier alpha value is -1.64. The van der Waals surface area contributed by atoms with Crippen LogP contribution in [0.4, 0.5) is 0 Å². The molecule has 3 nitrogen and oxygen atoms in total. The Morgan fingerprint density at radius 3 is 2.22 bits per heavy atom. The third-order valence-electron chi connectivity index (χ3n) is 4.28. The van der Waals surface area contributed by atoms with Crippen LogP contribution >= 0.6 is 0 Å². The van der Waals surface area contributed by atoms with Crippen molar-refractivity contribution >= 4 is 11.8 Å². The highest BCUT2D eigenvalue weighted by molar-refractivity contribution is 5.98. The molecule has 2 aliphatic carbocycles. The van der Waals surface area contributed by atoms with E-state index in [1.807, 2.05) is 12.1 Å². The molecule has 1 saturated carbocycles. The predicted molar refractivity (Wildman–Crippen MR) is 66.0 cm³/mol. The van der Waals surface area contributed by atoms with Crippen molar-refractivity contribution in [1.82, 2.24) is 0 Å². The SMILES string of the molecule is COC(=O)CC(=O)C1[C@H]2Cc3ccccc3C[C@@H]12. The summed E-state index contributed by atoms with van der Waals surface area (Å²) in [6.45, 7) is 0. The smallest absolute Gasteiger partial charge is 0.313 e. The summed E-state index contributed by atoms with van der Waals surface area (Å²) in [7, 11) is 1.32. The van der Waals surface area contributed by atoms with Crippen LogP contribution in [0.2, 0.25) is 0 Å². The molecule has 1 aromatic carbocycles. The number of esters is 1. The van der Waals surface area contributed by atoms with Crippen LogP contribution in [-0.2, 0) is 27.2 Å². The van der Waals surface area contributed by atoms with Crippen LogP contribution < -0.4 is 0 Å². The molecule has 1 unspecified atom stereocenters. The van der Waals surface area contributed by atoms with Gasteiger partial charge in [-0.3, -0.25) is 9.59 Å². The summed E-state index contributed by atoms with van der Waals surface area (Å²) in [4.78, 5) is 23.1. The molecule has 0 bridgehead atoms. The second-order valence-electron chi connectivity index (χ2n) is 5.25. The number of fused-ring (bicyclic) bond motifs is 2. The maximum absolute atomic E-state index is 12.0. The van der Waals surface area contributed by atoms with Crippen molar-refractivity contribution < 1.29 is 14.3 Å². The van der Waals surface area contributed by atoms with Crippen LogP contribution in [0.15, 0.2) is 24.3 Å². The van der Waals surface area contributed by atoms with Gasteiger partial charge in [-0.1, -0.05) is 24.3 Å². The van der Waals surface area contributed by atoms with E-state index < -0.39 is 5.97 Å². The van der Waals surface area contributed by atoms with Crippen molar-refractivity contribution in [3.05, 3.63) is 35.4 Å². The molecule has 0 saturated heterocycles. The molecule has 1 fully saturated rings. The minimum absolute atomic E-state index is 0.0599. The largest absolute Gasteiger partial charge is 0.469 e. The highest BCUT2D eigenvalue weighted by atomic mass is 16.5. The first-order valence-electron chi connectivity index (χ1n) is 6.37. The second kappa shape index (κ2) is 4.23. The molecule has 3 atom stereocenters. The summed E-state index contributed by atoms with van der Waals surface area (Å²) in [5, 5.41) is 0. The summed E-state index contributed by atoms with van der Waals surface area (Å²) >= 11 is 0. The van der Waals surface area contributed by atoms with E-state index in [0.717, 1.165) is 12.8 Å². The number of Topliss-reactive ketones (excluding diaryl/α,β-unsaturated/α-hetero) is 1. The molecule has 18 heavy (non-hydrogen) atoms. The van der Waals surface area contributed by atoms with Crippen LogP contribution in [0.5, 0.6) is 0 Å². The van der Waals surface area contributed by atoms with Crippen LogP contribution in [0.1, 0.15) is 17.5 Å². The van der Waals surface area contributed by atoms with Gasteiger partial charge in [0.2, 0.25) is 0 Å². The van der Waals surface area contributed by atoms with Crippen molar-refractivity contribution in [2.24, 2.45) is 17.8 Å². The maximum Gasteiger partial charge on any atom is 0.313 e. The van der Waals surface area contributed by atoms with E-state index in [4.69, 9.17) is 0 Å². The van der Waals surface area contributed by atoms with Gasteiger partial charge in [-0.2, -0.15) is 0 Å². The van der Waals surface area contributed by atoms with Gasteiger partial charge in [0.15, 0.2) is 0 Å².